The van der Waals surface area contributed by atoms with Crippen LogP contribution in [0.25, 0.3) is 0 Å². The number of aromatic nitrogens is 3. The van der Waals surface area contributed by atoms with Crippen LogP contribution in [0.5, 0.6) is 0 Å². The van der Waals surface area contributed by atoms with E-state index in [1.165, 1.54) is 12.8 Å². The highest BCUT2D eigenvalue weighted by atomic mass is 16.1. The van der Waals surface area contributed by atoms with E-state index >= 15 is 0 Å². The molecule has 124 valence electrons. The lowest BCUT2D eigenvalue weighted by Gasteiger charge is -2.28. The van der Waals surface area contributed by atoms with Gasteiger partial charge in [0.1, 0.15) is 12.2 Å². The summed E-state index contributed by atoms with van der Waals surface area (Å²) in [6.07, 6.45) is 4.81. The molecule has 2 N–H and O–H groups in total. The van der Waals surface area contributed by atoms with E-state index in [9.17, 15) is 4.79 Å². The molecule has 0 aromatic carbocycles. The number of rotatable bonds is 7. The third-order valence-corrected chi connectivity index (χ3v) is 4.48. The first-order valence-electron chi connectivity index (χ1n) is 8.43. The minimum atomic E-state index is 0.150. The lowest BCUT2D eigenvalue weighted by Crippen LogP contribution is -2.36. The largest absolute Gasteiger partial charge is 0.354 e. The molecule has 0 spiro atoms. The maximum atomic E-state index is 12.1. The number of piperidine rings is 1. The van der Waals surface area contributed by atoms with Crippen LogP contribution in [0, 0.1) is 11.8 Å². The van der Waals surface area contributed by atoms with Crippen LogP contribution >= 0.6 is 0 Å². The molecule has 0 bridgehead atoms. The molecule has 0 saturated carbocycles. The highest BCUT2D eigenvalue weighted by Crippen LogP contribution is 2.22. The summed E-state index contributed by atoms with van der Waals surface area (Å²) in [5, 5.41) is 14.5. The van der Waals surface area contributed by atoms with Crippen LogP contribution in [-0.2, 0) is 11.3 Å². The summed E-state index contributed by atoms with van der Waals surface area (Å²) in [5.74, 6) is 2.53. The van der Waals surface area contributed by atoms with E-state index < -0.39 is 0 Å². The molecule has 1 aromatic heterocycles. The minimum Gasteiger partial charge on any atom is -0.354 e. The van der Waals surface area contributed by atoms with Gasteiger partial charge in [0.05, 0.1) is 0 Å². The Labute approximate surface area is 133 Å². The molecule has 2 rings (SSSR count). The average molecular weight is 307 g/mol. The summed E-state index contributed by atoms with van der Waals surface area (Å²) in [7, 11) is 0. The van der Waals surface area contributed by atoms with Gasteiger partial charge in [0.15, 0.2) is 0 Å². The quantitative estimate of drug-likeness (QED) is 0.801. The van der Waals surface area contributed by atoms with Gasteiger partial charge >= 0.3 is 0 Å². The molecule has 22 heavy (non-hydrogen) atoms. The van der Waals surface area contributed by atoms with Crippen LogP contribution in [0.15, 0.2) is 6.33 Å². The molecule has 6 heteroatoms. The van der Waals surface area contributed by atoms with Gasteiger partial charge in [0.25, 0.3) is 0 Å². The second kappa shape index (κ2) is 8.27. The predicted octanol–water partition coefficient (Wildman–Crippen LogP) is 1.54. The van der Waals surface area contributed by atoms with E-state index in [-0.39, 0.29) is 5.91 Å². The zero-order valence-electron chi connectivity index (χ0n) is 14.0. The van der Waals surface area contributed by atoms with Crippen LogP contribution < -0.4 is 10.6 Å². The van der Waals surface area contributed by atoms with E-state index in [2.05, 4.69) is 41.6 Å². The molecule has 1 fully saturated rings. The van der Waals surface area contributed by atoms with Crippen LogP contribution in [0.1, 0.15) is 51.8 Å². The van der Waals surface area contributed by atoms with Crippen molar-refractivity contribution >= 4 is 5.91 Å². The van der Waals surface area contributed by atoms with Crippen LogP contribution in [0.4, 0.5) is 0 Å². The monoisotopic (exact) mass is 307 g/mol. The Morgan fingerprint density at radius 2 is 2.32 bits per heavy atom. The average Bonchev–Trinajstić information content (AvgIpc) is 2.97. The van der Waals surface area contributed by atoms with Crippen molar-refractivity contribution in [1.82, 2.24) is 25.4 Å². The maximum absolute atomic E-state index is 12.1. The van der Waals surface area contributed by atoms with E-state index in [1.807, 2.05) is 4.57 Å². The molecule has 1 aromatic rings. The topological polar surface area (TPSA) is 71.8 Å². The fourth-order valence-corrected chi connectivity index (χ4v) is 3.09. The molecule has 1 aliphatic rings. The Hall–Kier alpha value is -1.43. The third kappa shape index (κ3) is 4.80. The Kier molecular flexibility index (Phi) is 6.36. The van der Waals surface area contributed by atoms with Gasteiger partial charge in [-0.2, -0.15) is 0 Å². The first-order valence-corrected chi connectivity index (χ1v) is 8.43. The smallest absolute Gasteiger partial charge is 0.220 e. The van der Waals surface area contributed by atoms with Crippen molar-refractivity contribution < 1.29 is 4.79 Å². The van der Waals surface area contributed by atoms with Crippen molar-refractivity contribution in [3.8, 4) is 0 Å². The summed E-state index contributed by atoms with van der Waals surface area (Å²) in [5.41, 5.74) is 0. The zero-order valence-corrected chi connectivity index (χ0v) is 14.0. The Morgan fingerprint density at radius 3 is 3.00 bits per heavy atom. The van der Waals surface area contributed by atoms with Crippen LogP contribution in [0.3, 0.4) is 0 Å². The van der Waals surface area contributed by atoms with Gasteiger partial charge in [-0.3, -0.25) is 4.79 Å². The van der Waals surface area contributed by atoms with Crippen molar-refractivity contribution in [3.05, 3.63) is 12.2 Å². The first-order chi connectivity index (χ1) is 10.6. The van der Waals surface area contributed by atoms with Gasteiger partial charge in [0.2, 0.25) is 5.91 Å². The molecule has 2 heterocycles. The number of nitrogens with one attached hydrogen (secondary N) is 2. The molecule has 2 unspecified atom stereocenters. The molecular weight excluding hydrogens is 278 g/mol. The number of hydrogen-bond donors (Lipinski definition) is 2. The third-order valence-electron chi connectivity index (χ3n) is 4.48. The fourth-order valence-electron chi connectivity index (χ4n) is 3.09. The lowest BCUT2D eigenvalue weighted by atomic mass is 9.85. The van der Waals surface area contributed by atoms with E-state index in [4.69, 9.17) is 0 Å². The standard InChI is InChI=1S/C16H29N5O/c1-12(2)16-20-19-11-21(16)8-7-18-15(22)9-13(3)14-5-4-6-17-10-14/h11-14,17H,4-10H2,1-3H3,(H,18,22). The fraction of sp³-hybridized carbons (Fsp3) is 0.812. The summed E-state index contributed by atoms with van der Waals surface area (Å²) in [4.78, 5) is 12.1. The number of nitrogens with zero attached hydrogens (tertiary/aromatic N) is 3. The Morgan fingerprint density at radius 1 is 1.50 bits per heavy atom. The second-order valence-corrected chi connectivity index (χ2v) is 6.68. The summed E-state index contributed by atoms with van der Waals surface area (Å²) in [6, 6.07) is 0. The lowest BCUT2D eigenvalue weighted by molar-refractivity contribution is -0.122. The number of hydrogen-bond acceptors (Lipinski definition) is 4. The van der Waals surface area contributed by atoms with Gasteiger partial charge in [0, 0.05) is 25.4 Å². The van der Waals surface area contributed by atoms with Crippen molar-refractivity contribution in [2.45, 2.75) is 52.5 Å². The van der Waals surface area contributed by atoms with Crippen molar-refractivity contribution in [1.29, 1.82) is 0 Å². The highest BCUT2D eigenvalue weighted by Gasteiger charge is 2.21. The Bertz CT molecular complexity index is 465. The van der Waals surface area contributed by atoms with Crippen LogP contribution in [-0.4, -0.2) is 40.3 Å². The molecule has 0 aliphatic carbocycles. The predicted molar refractivity (Wildman–Crippen MR) is 86.5 cm³/mol. The van der Waals surface area contributed by atoms with Gasteiger partial charge in [-0.05, 0) is 37.8 Å². The molecule has 1 aliphatic heterocycles. The molecule has 6 nitrogen and oxygen atoms in total. The molecule has 2 atom stereocenters. The summed E-state index contributed by atoms with van der Waals surface area (Å²) >= 11 is 0. The number of amides is 1. The molecular formula is C16H29N5O. The van der Waals surface area contributed by atoms with E-state index in [0.29, 0.717) is 30.7 Å². The number of carbonyl (C=O) groups is 1. The highest BCUT2D eigenvalue weighted by molar-refractivity contribution is 5.76. The molecule has 0 radical (unpaired) electrons. The van der Waals surface area contributed by atoms with Gasteiger partial charge in [-0.1, -0.05) is 20.8 Å². The molecule has 1 amide bonds. The van der Waals surface area contributed by atoms with E-state index in [1.54, 1.807) is 6.33 Å². The van der Waals surface area contributed by atoms with Crippen molar-refractivity contribution in [3.63, 3.8) is 0 Å². The Balaban J connectivity index is 1.70. The summed E-state index contributed by atoms with van der Waals surface area (Å²) in [6.45, 7) is 9.91. The molecule has 1 saturated heterocycles. The maximum Gasteiger partial charge on any atom is 0.220 e. The van der Waals surface area contributed by atoms with Gasteiger partial charge < -0.3 is 15.2 Å². The van der Waals surface area contributed by atoms with Crippen molar-refractivity contribution in [2.75, 3.05) is 19.6 Å². The second-order valence-electron chi connectivity index (χ2n) is 6.68. The van der Waals surface area contributed by atoms with Gasteiger partial charge in [-0.25, -0.2) is 0 Å². The normalized spacial score (nSPS) is 20.1. The van der Waals surface area contributed by atoms with Gasteiger partial charge in [-0.15, -0.1) is 10.2 Å². The zero-order chi connectivity index (χ0) is 15.9. The summed E-state index contributed by atoms with van der Waals surface area (Å²) < 4.78 is 2.01. The van der Waals surface area contributed by atoms with E-state index in [0.717, 1.165) is 25.5 Å². The SMILES string of the molecule is CC(C)c1nncn1CCNC(=O)CC(C)C1CCCNC1. The van der Waals surface area contributed by atoms with Crippen molar-refractivity contribution in [2.24, 2.45) is 11.8 Å². The number of carbonyl (C=O) groups excluding carboxylic acids is 1. The van der Waals surface area contributed by atoms with Crippen LogP contribution in [0.2, 0.25) is 0 Å². The first kappa shape index (κ1) is 16.9. The minimum absolute atomic E-state index is 0.150.